The van der Waals surface area contributed by atoms with Gasteiger partial charge in [0, 0.05) is 19.0 Å². The zero-order chi connectivity index (χ0) is 11.5. The Morgan fingerprint density at radius 3 is 2.56 bits per heavy atom. The lowest BCUT2D eigenvalue weighted by Gasteiger charge is -2.27. The number of rotatable bonds is 3. The molecule has 2 fully saturated rings. The third-order valence-corrected chi connectivity index (χ3v) is 4.56. The van der Waals surface area contributed by atoms with Gasteiger partial charge in [-0.2, -0.15) is 0 Å². The molecule has 0 bridgehead atoms. The van der Waals surface area contributed by atoms with Crippen molar-refractivity contribution < 1.29 is 4.79 Å². The molecule has 1 aliphatic heterocycles. The summed E-state index contributed by atoms with van der Waals surface area (Å²) in [6.45, 7) is 5.50. The molecule has 0 N–H and O–H groups in total. The van der Waals surface area contributed by atoms with Crippen LogP contribution in [0.3, 0.4) is 0 Å². The molecule has 2 atom stereocenters. The number of carbonyl (C=O) groups is 1. The average Bonchev–Trinajstić information content (AvgIpc) is 2.87. The van der Waals surface area contributed by atoms with Gasteiger partial charge in [0.15, 0.2) is 0 Å². The minimum Gasteiger partial charge on any atom is -0.339 e. The van der Waals surface area contributed by atoms with Crippen molar-refractivity contribution in [3.63, 3.8) is 0 Å². The minimum absolute atomic E-state index is 0.433. The van der Waals surface area contributed by atoms with Gasteiger partial charge in [-0.3, -0.25) is 4.79 Å². The number of carbonyl (C=O) groups excluding carboxylic acids is 1. The van der Waals surface area contributed by atoms with Crippen LogP contribution in [0.2, 0.25) is 0 Å². The van der Waals surface area contributed by atoms with Gasteiger partial charge >= 0.3 is 0 Å². The van der Waals surface area contributed by atoms with E-state index in [0.717, 1.165) is 19.4 Å². The van der Waals surface area contributed by atoms with E-state index in [9.17, 15) is 4.79 Å². The summed E-state index contributed by atoms with van der Waals surface area (Å²) in [7, 11) is 0. The van der Waals surface area contributed by atoms with E-state index in [4.69, 9.17) is 0 Å². The molecular formula is C14H25NO. The zero-order valence-electron chi connectivity index (χ0n) is 10.7. The van der Waals surface area contributed by atoms with Crippen molar-refractivity contribution in [1.29, 1.82) is 0 Å². The van der Waals surface area contributed by atoms with Gasteiger partial charge in [-0.1, -0.05) is 26.7 Å². The Balaban J connectivity index is 1.88. The van der Waals surface area contributed by atoms with E-state index in [1.807, 2.05) is 0 Å². The van der Waals surface area contributed by atoms with Crippen molar-refractivity contribution in [2.45, 2.75) is 64.8 Å². The lowest BCUT2D eigenvalue weighted by Crippen LogP contribution is -2.37. The summed E-state index contributed by atoms with van der Waals surface area (Å²) in [5, 5.41) is 0. The van der Waals surface area contributed by atoms with Crippen LogP contribution >= 0.6 is 0 Å². The highest BCUT2D eigenvalue weighted by Crippen LogP contribution is 2.31. The molecule has 2 nitrogen and oxygen atoms in total. The van der Waals surface area contributed by atoms with Crippen LogP contribution in [-0.4, -0.2) is 23.4 Å². The standard InChI is InChI=1S/C14H25NO/c1-3-13-11(2)8-9-15(13)14(16)10-12-6-4-5-7-12/h11-13H,3-10H2,1-2H3/t11-,13+/m0/s1. The van der Waals surface area contributed by atoms with Gasteiger partial charge < -0.3 is 4.90 Å². The quantitative estimate of drug-likeness (QED) is 0.719. The van der Waals surface area contributed by atoms with Crippen LogP contribution in [-0.2, 0) is 4.79 Å². The van der Waals surface area contributed by atoms with Crippen LogP contribution in [0.5, 0.6) is 0 Å². The molecule has 0 aromatic carbocycles. The predicted molar refractivity (Wildman–Crippen MR) is 66.1 cm³/mol. The SMILES string of the molecule is CC[C@@H]1[C@@H](C)CCN1C(=O)CC1CCCC1. The van der Waals surface area contributed by atoms with Crippen LogP contribution < -0.4 is 0 Å². The van der Waals surface area contributed by atoms with Gasteiger partial charge in [-0.15, -0.1) is 0 Å². The summed E-state index contributed by atoms with van der Waals surface area (Å²) in [6.07, 6.45) is 8.39. The molecule has 0 aromatic rings. The fourth-order valence-electron chi connectivity index (χ4n) is 3.52. The normalized spacial score (nSPS) is 31.2. The minimum atomic E-state index is 0.433. The number of amides is 1. The highest BCUT2D eigenvalue weighted by atomic mass is 16.2. The van der Waals surface area contributed by atoms with Gasteiger partial charge in [0.2, 0.25) is 5.91 Å². The van der Waals surface area contributed by atoms with E-state index < -0.39 is 0 Å². The topological polar surface area (TPSA) is 20.3 Å². The Morgan fingerprint density at radius 2 is 1.94 bits per heavy atom. The second kappa shape index (κ2) is 5.20. The summed E-state index contributed by atoms with van der Waals surface area (Å²) in [4.78, 5) is 14.4. The Labute approximate surface area is 99.4 Å². The highest BCUT2D eigenvalue weighted by Gasteiger charge is 2.33. The van der Waals surface area contributed by atoms with Crippen molar-refractivity contribution in [3.8, 4) is 0 Å². The third-order valence-electron chi connectivity index (χ3n) is 4.56. The Morgan fingerprint density at radius 1 is 1.25 bits per heavy atom. The molecule has 0 spiro atoms. The Hall–Kier alpha value is -0.530. The Kier molecular flexibility index (Phi) is 3.88. The van der Waals surface area contributed by atoms with Gasteiger partial charge in [0.1, 0.15) is 0 Å². The molecule has 2 aliphatic rings. The second-order valence-corrected chi connectivity index (χ2v) is 5.68. The fourth-order valence-corrected chi connectivity index (χ4v) is 3.52. The van der Waals surface area contributed by atoms with E-state index >= 15 is 0 Å². The summed E-state index contributed by atoms with van der Waals surface area (Å²) in [5.74, 6) is 1.83. The molecule has 0 aromatic heterocycles. The summed E-state index contributed by atoms with van der Waals surface area (Å²) >= 11 is 0. The molecule has 2 heteroatoms. The molecule has 1 saturated heterocycles. The van der Waals surface area contributed by atoms with E-state index in [-0.39, 0.29) is 0 Å². The van der Waals surface area contributed by atoms with Crippen LogP contribution in [0.1, 0.15) is 58.8 Å². The van der Waals surface area contributed by atoms with Crippen LogP contribution in [0.15, 0.2) is 0 Å². The maximum atomic E-state index is 12.2. The van der Waals surface area contributed by atoms with E-state index in [1.165, 1.54) is 32.1 Å². The molecule has 1 aliphatic carbocycles. The average molecular weight is 223 g/mol. The number of hydrogen-bond donors (Lipinski definition) is 0. The first-order valence-corrected chi connectivity index (χ1v) is 7.01. The summed E-state index contributed by atoms with van der Waals surface area (Å²) < 4.78 is 0. The summed E-state index contributed by atoms with van der Waals surface area (Å²) in [5.41, 5.74) is 0. The van der Waals surface area contributed by atoms with Gasteiger partial charge in [-0.05, 0) is 37.5 Å². The summed E-state index contributed by atoms with van der Waals surface area (Å²) in [6, 6.07) is 0.522. The first kappa shape index (κ1) is 11.9. The third kappa shape index (κ3) is 2.41. The first-order valence-electron chi connectivity index (χ1n) is 7.01. The van der Waals surface area contributed by atoms with E-state index in [0.29, 0.717) is 23.8 Å². The molecule has 0 unspecified atom stereocenters. The molecule has 1 heterocycles. The largest absolute Gasteiger partial charge is 0.339 e. The zero-order valence-corrected chi connectivity index (χ0v) is 10.7. The monoisotopic (exact) mass is 223 g/mol. The smallest absolute Gasteiger partial charge is 0.223 e. The maximum Gasteiger partial charge on any atom is 0.223 e. The number of likely N-dealkylation sites (tertiary alicyclic amines) is 1. The molecule has 1 saturated carbocycles. The molecule has 92 valence electrons. The number of hydrogen-bond acceptors (Lipinski definition) is 1. The van der Waals surface area contributed by atoms with Crippen LogP contribution in [0.4, 0.5) is 0 Å². The van der Waals surface area contributed by atoms with E-state index in [1.54, 1.807) is 0 Å². The molecule has 16 heavy (non-hydrogen) atoms. The fraction of sp³-hybridized carbons (Fsp3) is 0.929. The van der Waals surface area contributed by atoms with Crippen LogP contribution in [0, 0.1) is 11.8 Å². The predicted octanol–water partition coefficient (Wildman–Crippen LogP) is 3.21. The van der Waals surface area contributed by atoms with Crippen molar-refractivity contribution in [2.24, 2.45) is 11.8 Å². The lowest BCUT2D eigenvalue weighted by atomic mass is 9.99. The molecule has 2 rings (SSSR count). The maximum absolute atomic E-state index is 12.2. The highest BCUT2D eigenvalue weighted by molar-refractivity contribution is 5.77. The lowest BCUT2D eigenvalue weighted by molar-refractivity contribution is -0.133. The van der Waals surface area contributed by atoms with Gasteiger partial charge in [0.05, 0.1) is 0 Å². The van der Waals surface area contributed by atoms with Crippen molar-refractivity contribution in [1.82, 2.24) is 4.90 Å². The van der Waals surface area contributed by atoms with Gasteiger partial charge in [0.25, 0.3) is 0 Å². The van der Waals surface area contributed by atoms with Gasteiger partial charge in [-0.25, -0.2) is 0 Å². The molecule has 0 radical (unpaired) electrons. The second-order valence-electron chi connectivity index (χ2n) is 5.68. The van der Waals surface area contributed by atoms with E-state index in [2.05, 4.69) is 18.7 Å². The van der Waals surface area contributed by atoms with Crippen molar-refractivity contribution in [3.05, 3.63) is 0 Å². The van der Waals surface area contributed by atoms with Crippen molar-refractivity contribution >= 4 is 5.91 Å². The van der Waals surface area contributed by atoms with Crippen molar-refractivity contribution in [2.75, 3.05) is 6.54 Å². The molecular weight excluding hydrogens is 198 g/mol. The Bertz CT molecular complexity index is 245. The van der Waals surface area contributed by atoms with Crippen LogP contribution in [0.25, 0.3) is 0 Å². The molecule has 1 amide bonds. The first-order chi connectivity index (χ1) is 7.72. The number of nitrogens with zero attached hydrogens (tertiary/aromatic N) is 1.